The van der Waals surface area contributed by atoms with E-state index in [1.54, 1.807) is 0 Å². The molecule has 10 rings (SSSR count). The zero-order valence-electron chi connectivity index (χ0n) is 29.5. The molecule has 0 saturated carbocycles. The first-order valence-corrected chi connectivity index (χ1v) is 17.7. The quantitative estimate of drug-likeness (QED) is 0.177. The molecule has 0 bridgehead atoms. The van der Waals surface area contributed by atoms with Gasteiger partial charge in [0, 0.05) is 38.3 Å². The van der Waals surface area contributed by atoms with Gasteiger partial charge in [-0.05, 0) is 70.6 Å². The molecule has 0 fully saturated rings. The Labute approximate surface area is 297 Å². The van der Waals surface area contributed by atoms with Crippen LogP contribution in [0.1, 0.15) is 61.3 Å². The van der Waals surface area contributed by atoms with Crippen LogP contribution in [0.25, 0.3) is 78.4 Å². The number of aromatic nitrogens is 3. The van der Waals surface area contributed by atoms with Crippen LogP contribution in [0.15, 0.2) is 126 Å². The minimum absolute atomic E-state index is 0.0987. The number of benzene rings is 5. The van der Waals surface area contributed by atoms with Crippen molar-refractivity contribution in [3.05, 3.63) is 155 Å². The number of rotatable bonds is 4. The van der Waals surface area contributed by atoms with Gasteiger partial charge in [0.15, 0.2) is 5.82 Å². The summed E-state index contributed by atoms with van der Waals surface area (Å²) in [5.41, 5.74) is 15.7. The molecule has 4 heterocycles. The molecule has 246 valence electrons. The molecular weight excluding hydrogens is 623 g/mol. The highest BCUT2D eigenvalue weighted by molar-refractivity contribution is 6.13. The van der Waals surface area contributed by atoms with E-state index in [2.05, 4.69) is 148 Å². The second kappa shape index (κ2) is 10.3. The van der Waals surface area contributed by atoms with E-state index in [4.69, 9.17) is 14.4 Å². The second-order valence-corrected chi connectivity index (χ2v) is 15.1. The predicted octanol–water partition coefficient (Wildman–Crippen LogP) is 12.1. The predicted molar refractivity (Wildman–Crippen MR) is 211 cm³/mol. The lowest BCUT2D eigenvalue weighted by Gasteiger charge is -2.34. The molecule has 0 N–H and O–H groups in total. The molecule has 1 aliphatic carbocycles. The van der Waals surface area contributed by atoms with E-state index in [1.807, 2.05) is 19.1 Å². The SMILES string of the molecule is C=C/C=C\c1c(C)oc2c1c1cccc3c1n2-c1ccc(-c2nc(-c4ccc5c(c4)C(C)(C)c4ccccc4-5)c4ccccc4n2)cc1C3(C)C. The number of aryl methyl sites for hydroxylation is 1. The van der Waals surface area contributed by atoms with E-state index >= 15 is 0 Å². The summed E-state index contributed by atoms with van der Waals surface area (Å²) in [5.74, 6) is 1.62. The molecule has 0 spiro atoms. The Balaban J connectivity index is 1.17. The lowest BCUT2D eigenvalue weighted by molar-refractivity contribution is 0.555. The van der Waals surface area contributed by atoms with Gasteiger partial charge in [0.05, 0.1) is 27.8 Å². The first kappa shape index (κ1) is 29.9. The van der Waals surface area contributed by atoms with Gasteiger partial charge in [-0.2, -0.15) is 0 Å². The van der Waals surface area contributed by atoms with Crippen molar-refractivity contribution in [2.45, 2.75) is 45.4 Å². The number of para-hydroxylation sites is 2. The van der Waals surface area contributed by atoms with Crippen LogP contribution in [-0.4, -0.2) is 14.5 Å². The fourth-order valence-electron chi connectivity index (χ4n) is 8.94. The van der Waals surface area contributed by atoms with Crippen LogP contribution in [-0.2, 0) is 10.8 Å². The maximum Gasteiger partial charge on any atom is 0.213 e. The molecule has 0 atom stereocenters. The van der Waals surface area contributed by atoms with Crippen molar-refractivity contribution >= 4 is 39.0 Å². The molecule has 0 radical (unpaired) electrons. The smallest absolute Gasteiger partial charge is 0.213 e. The average molecular weight is 660 g/mol. The minimum Gasteiger partial charge on any atom is -0.444 e. The van der Waals surface area contributed by atoms with Gasteiger partial charge in [-0.3, -0.25) is 4.57 Å². The third-order valence-electron chi connectivity index (χ3n) is 11.5. The highest BCUT2D eigenvalue weighted by Crippen LogP contribution is 2.51. The summed E-state index contributed by atoms with van der Waals surface area (Å²) in [7, 11) is 0. The Bertz CT molecular complexity index is 2840. The number of furan rings is 1. The lowest BCUT2D eigenvalue weighted by atomic mass is 9.74. The largest absolute Gasteiger partial charge is 0.444 e. The van der Waals surface area contributed by atoms with E-state index in [-0.39, 0.29) is 10.8 Å². The summed E-state index contributed by atoms with van der Waals surface area (Å²) in [5, 5.41) is 3.39. The monoisotopic (exact) mass is 659 g/mol. The van der Waals surface area contributed by atoms with Crippen molar-refractivity contribution in [3.63, 3.8) is 0 Å². The fraction of sp³-hybridized carbons (Fsp3) is 0.149. The molecule has 2 aliphatic rings. The number of hydrogen-bond acceptors (Lipinski definition) is 3. The standard InChI is InChI=1S/C47H37N3O/c1-7-8-14-30-27(2)51-45-41(30)34-17-13-19-36-43(34)50(45)40-24-22-29(26-38(40)47(36,5)6)44-48-39-20-12-10-16-33(39)42(49-44)28-21-23-32-31-15-9-11-18-35(31)46(3,4)37(32)25-28/h7-26H,1H2,2-6H3/b14-8-. The first-order valence-electron chi connectivity index (χ1n) is 17.7. The summed E-state index contributed by atoms with van der Waals surface area (Å²) in [6.07, 6.45) is 5.90. The normalized spacial score (nSPS) is 15.1. The average Bonchev–Trinajstić information content (AvgIpc) is 3.72. The van der Waals surface area contributed by atoms with Crippen LogP contribution in [0.4, 0.5) is 0 Å². The van der Waals surface area contributed by atoms with Crippen LogP contribution in [0.2, 0.25) is 0 Å². The van der Waals surface area contributed by atoms with Gasteiger partial charge in [0.1, 0.15) is 5.76 Å². The number of allylic oxidation sites excluding steroid dienone is 2. The summed E-state index contributed by atoms with van der Waals surface area (Å²) < 4.78 is 8.88. The lowest BCUT2D eigenvalue weighted by Crippen LogP contribution is -2.26. The molecule has 0 unspecified atom stereocenters. The number of nitrogens with zero attached hydrogens (tertiary/aromatic N) is 3. The van der Waals surface area contributed by atoms with Crippen molar-refractivity contribution in [1.82, 2.24) is 14.5 Å². The van der Waals surface area contributed by atoms with Gasteiger partial charge < -0.3 is 4.42 Å². The van der Waals surface area contributed by atoms with Crippen molar-refractivity contribution in [1.29, 1.82) is 0 Å². The molecule has 3 aromatic heterocycles. The zero-order valence-corrected chi connectivity index (χ0v) is 29.5. The molecular formula is C47H37N3O. The topological polar surface area (TPSA) is 43.9 Å². The maximum absolute atomic E-state index is 6.56. The van der Waals surface area contributed by atoms with E-state index in [9.17, 15) is 0 Å². The van der Waals surface area contributed by atoms with Crippen molar-refractivity contribution < 1.29 is 4.42 Å². The number of fused-ring (bicyclic) bond motifs is 9. The van der Waals surface area contributed by atoms with Gasteiger partial charge in [0.2, 0.25) is 5.71 Å². The van der Waals surface area contributed by atoms with E-state index < -0.39 is 0 Å². The van der Waals surface area contributed by atoms with Gasteiger partial charge in [0.25, 0.3) is 0 Å². The third-order valence-corrected chi connectivity index (χ3v) is 11.5. The molecule has 5 aromatic carbocycles. The molecule has 0 amide bonds. The van der Waals surface area contributed by atoms with Crippen LogP contribution < -0.4 is 0 Å². The molecule has 4 nitrogen and oxygen atoms in total. The molecule has 0 saturated heterocycles. The summed E-state index contributed by atoms with van der Waals surface area (Å²) in [6.45, 7) is 15.2. The second-order valence-electron chi connectivity index (χ2n) is 15.1. The van der Waals surface area contributed by atoms with Gasteiger partial charge in [-0.15, -0.1) is 0 Å². The fourth-order valence-corrected chi connectivity index (χ4v) is 8.94. The Kier molecular flexibility index (Phi) is 6.02. The molecule has 51 heavy (non-hydrogen) atoms. The van der Waals surface area contributed by atoms with Crippen LogP contribution >= 0.6 is 0 Å². The van der Waals surface area contributed by atoms with Gasteiger partial charge in [-0.1, -0.05) is 125 Å². The Morgan fingerprint density at radius 3 is 2.25 bits per heavy atom. The van der Waals surface area contributed by atoms with Crippen LogP contribution in [0.5, 0.6) is 0 Å². The van der Waals surface area contributed by atoms with Crippen molar-refractivity contribution in [2.75, 3.05) is 0 Å². The minimum atomic E-state index is -0.275. The Morgan fingerprint density at radius 2 is 1.39 bits per heavy atom. The summed E-state index contributed by atoms with van der Waals surface area (Å²) >= 11 is 0. The highest BCUT2D eigenvalue weighted by atomic mass is 16.3. The van der Waals surface area contributed by atoms with E-state index in [0.717, 1.165) is 61.7 Å². The van der Waals surface area contributed by atoms with Crippen molar-refractivity contribution in [2.24, 2.45) is 0 Å². The Hall–Kier alpha value is -6.00. The van der Waals surface area contributed by atoms with Crippen LogP contribution in [0.3, 0.4) is 0 Å². The molecule has 4 heteroatoms. The Morgan fingerprint density at radius 1 is 0.686 bits per heavy atom. The maximum atomic E-state index is 6.56. The first-order chi connectivity index (χ1) is 24.7. The van der Waals surface area contributed by atoms with E-state index in [0.29, 0.717) is 0 Å². The third kappa shape index (κ3) is 3.96. The van der Waals surface area contributed by atoms with Gasteiger partial charge in [-0.25, -0.2) is 9.97 Å². The van der Waals surface area contributed by atoms with Crippen LogP contribution in [0, 0.1) is 6.92 Å². The van der Waals surface area contributed by atoms with E-state index in [1.165, 1.54) is 44.3 Å². The number of hydrogen-bond donors (Lipinski definition) is 0. The van der Waals surface area contributed by atoms with Crippen molar-refractivity contribution in [3.8, 4) is 39.5 Å². The molecule has 8 aromatic rings. The molecule has 1 aliphatic heterocycles. The summed E-state index contributed by atoms with van der Waals surface area (Å²) in [4.78, 5) is 10.6. The summed E-state index contributed by atoms with van der Waals surface area (Å²) in [6, 6.07) is 37.4. The zero-order chi connectivity index (χ0) is 34.8. The highest BCUT2D eigenvalue weighted by Gasteiger charge is 2.38. The van der Waals surface area contributed by atoms with Gasteiger partial charge >= 0.3 is 0 Å².